The molecule has 32 heavy (non-hydrogen) atoms. The zero-order valence-corrected chi connectivity index (χ0v) is 18.8. The summed E-state index contributed by atoms with van der Waals surface area (Å²) < 4.78 is 0.705. The molecular weight excluding hydrogens is 448 g/mol. The molecule has 3 aromatic rings. The van der Waals surface area contributed by atoms with E-state index in [0.29, 0.717) is 14.9 Å². The Bertz CT molecular complexity index is 1190. The van der Waals surface area contributed by atoms with Gasteiger partial charge in [-0.25, -0.2) is 4.98 Å². The molecule has 2 N–H and O–H groups in total. The van der Waals surface area contributed by atoms with Crippen LogP contribution in [0.5, 0.6) is 0 Å². The molecule has 0 unspecified atom stereocenters. The molecule has 0 aliphatic heterocycles. The van der Waals surface area contributed by atoms with Crippen LogP contribution >= 0.6 is 23.1 Å². The number of anilines is 1. The van der Waals surface area contributed by atoms with E-state index in [9.17, 15) is 19.7 Å². The van der Waals surface area contributed by atoms with Crippen molar-refractivity contribution in [2.75, 3.05) is 5.32 Å². The van der Waals surface area contributed by atoms with Gasteiger partial charge in [0.15, 0.2) is 4.34 Å². The highest BCUT2D eigenvalue weighted by atomic mass is 32.2. The predicted octanol–water partition coefficient (Wildman–Crippen LogP) is 4.79. The van der Waals surface area contributed by atoms with Gasteiger partial charge in [0.25, 0.3) is 11.6 Å². The van der Waals surface area contributed by atoms with Gasteiger partial charge in [-0.3, -0.25) is 19.7 Å². The third kappa shape index (κ3) is 5.51. The zero-order valence-electron chi connectivity index (χ0n) is 17.2. The number of nitrogens with one attached hydrogen (secondary N) is 2. The van der Waals surface area contributed by atoms with Gasteiger partial charge in [-0.05, 0) is 49.6 Å². The van der Waals surface area contributed by atoms with Crippen molar-refractivity contribution in [3.63, 3.8) is 0 Å². The summed E-state index contributed by atoms with van der Waals surface area (Å²) in [7, 11) is 0. The molecule has 0 bridgehead atoms. The molecule has 164 valence electrons. The van der Waals surface area contributed by atoms with Crippen LogP contribution in [0.15, 0.2) is 57.1 Å². The van der Waals surface area contributed by atoms with Crippen LogP contribution in [-0.4, -0.2) is 21.7 Å². The second-order valence-electron chi connectivity index (χ2n) is 7.44. The number of hydrogen-bond acceptors (Lipinski definition) is 7. The molecule has 1 heterocycles. The minimum Gasteiger partial charge on any atom is -0.348 e. The van der Waals surface area contributed by atoms with Crippen LogP contribution in [0.2, 0.25) is 0 Å². The first-order valence-corrected chi connectivity index (χ1v) is 11.6. The van der Waals surface area contributed by atoms with Crippen molar-refractivity contribution < 1.29 is 14.5 Å². The fraction of sp³-hybridized carbons (Fsp3) is 0.227. The number of benzene rings is 2. The number of carbonyl (C=O) groups is 2. The van der Waals surface area contributed by atoms with E-state index in [2.05, 4.69) is 15.6 Å². The van der Waals surface area contributed by atoms with Crippen LogP contribution in [-0.2, 0) is 11.3 Å². The molecule has 2 amide bonds. The van der Waals surface area contributed by atoms with Gasteiger partial charge in [-0.2, -0.15) is 0 Å². The van der Waals surface area contributed by atoms with Gasteiger partial charge < -0.3 is 10.6 Å². The first-order valence-electron chi connectivity index (χ1n) is 9.95. The zero-order chi connectivity index (χ0) is 22.7. The maximum Gasteiger partial charge on any atom is 0.284 e. The molecule has 1 fully saturated rings. The van der Waals surface area contributed by atoms with E-state index >= 15 is 0 Å². The Kier molecular flexibility index (Phi) is 6.52. The monoisotopic (exact) mass is 468 g/mol. The summed E-state index contributed by atoms with van der Waals surface area (Å²) in [5, 5.41) is 19.1. The Morgan fingerprint density at radius 2 is 2.06 bits per heavy atom. The van der Waals surface area contributed by atoms with Crippen molar-refractivity contribution >= 4 is 46.3 Å². The Morgan fingerprint density at radius 3 is 2.75 bits per heavy atom. The number of rotatable bonds is 8. The van der Waals surface area contributed by atoms with E-state index in [1.807, 2.05) is 18.4 Å². The Morgan fingerprint density at radius 1 is 1.25 bits per heavy atom. The highest BCUT2D eigenvalue weighted by Crippen LogP contribution is 2.36. The minimum atomic E-state index is -0.494. The van der Waals surface area contributed by atoms with Crippen molar-refractivity contribution in [2.24, 2.45) is 5.92 Å². The van der Waals surface area contributed by atoms with Crippen molar-refractivity contribution in [2.45, 2.75) is 35.5 Å². The van der Waals surface area contributed by atoms with Crippen LogP contribution in [0.1, 0.15) is 34.5 Å². The maximum absolute atomic E-state index is 12.6. The summed E-state index contributed by atoms with van der Waals surface area (Å²) in [5.74, 6) is -0.290. The number of carbonyl (C=O) groups excluding carboxylic acids is 2. The molecule has 0 saturated heterocycles. The molecule has 0 radical (unpaired) electrons. The first-order chi connectivity index (χ1) is 15.4. The minimum absolute atomic E-state index is 0.0179. The predicted molar refractivity (Wildman–Crippen MR) is 123 cm³/mol. The normalized spacial score (nSPS) is 12.9. The van der Waals surface area contributed by atoms with E-state index in [1.165, 1.54) is 29.2 Å². The number of nitro benzene ring substituents is 1. The lowest BCUT2D eigenvalue weighted by molar-refractivity contribution is -0.387. The third-order valence-corrected chi connectivity index (χ3v) is 6.93. The Labute approximate surface area is 192 Å². The number of thiazole rings is 1. The van der Waals surface area contributed by atoms with E-state index in [1.54, 1.807) is 30.3 Å². The number of hydrogen-bond donors (Lipinski definition) is 2. The molecule has 8 nitrogen and oxygen atoms in total. The summed E-state index contributed by atoms with van der Waals surface area (Å²) >= 11 is 2.62. The smallest absolute Gasteiger partial charge is 0.284 e. The lowest BCUT2D eigenvalue weighted by Crippen LogP contribution is -2.23. The fourth-order valence-electron chi connectivity index (χ4n) is 2.99. The number of nitrogens with zero attached hydrogens (tertiary/aromatic N) is 2. The lowest BCUT2D eigenvalue weighted by atomic mass is 10.1. The molecule has 1 aliphatic carbocycles. The summed E-state index contributed by atoms with van der Waals surface area (Å²) in [6.07, 6.45) is 1.85. The molecule has 0 spiro atoms. The number of aryl methyl sites for hydroxylation is 1. The Hall–Kier alpha value is -3.24. The van der Waals surface area contributed by atoms with E-state index in [4.69, 9.17) is 0 Å². The molecule has 4 rings (SSSR count). The number of aromatic nitrogens is 1. The van der Waals surface area contributed by atoms with E-state index in [0.717, 1.165) is 24.1 Å². The number of amides is 2. The highest BCUT2D eigenvalue weighted by molar-refractivity contribution is 8.01. The summed E-state index contributed by atoms with van der Waals surface area (Å²) in [4.78, 5) is 40.3. The second-order valence-corrected chi connectivity index (χ2v) is 9.59. The lowest BCUT2D eigenvalue weighted by Gasteiger charge is -2.09. The quantitative estimate of drug-likeness (QED) is 0.363. The van der Waals surface area contributed by atoms with Crippen molar-refractivity contribution in [3.8, 4) is 0 Å². The highest BCUT2D eigenvalue weighted by Gasteiger charge is 2.29. The molecular formula is C22H20N4O4S2. The van der Waals surface area contributed by atoms with Gasteiger partial charge >= 0.3 is 0 Å². The van der Waals surface area contributed by atoms with Crippen LogP contribution in [0.3, 0.4) is 0 Å². The number of nitro groups is 1. The van der Waals surface area contributed by atoms with Crippen molar-refractivity contribution in [3.05, 3.63) is 74.8 Å². The summed E-state index contributed by atoms with van der Waals surface area (Å²) in [5.41, 5.74) is 2.41. The van der Waals surface area contributed by atoms with Gasteiger partial charge in [-0.1, -0.05) is 23.9 Å². The second kappa shape index (κ2) is 9.49. The van der Waals surface area contributed by atoms with Crippen LogP contribution in [0.4, 0.5) is 11.4 Å². The van der Waals surface area contributed by atoms with Crippen molar-refractivity contribution in [1.29, 1.82) is 0 Å². The van der Waals surface area contributed by atoms with Crippen LogP contribution in [0, 0.1) is 23.0 Å². The molecule has 1 aromatic heterocycles. The van der Waals surface area contributed by atoms with Crippen LogP contribution in [0.25, 0.3) is 0 Å². The Balaban J connectivity index is 1.42. The van der Waals surface area contributed by atoms with E-state index < -0.39 is 10.8 Å². The molecule has 2 aromatic carbocycles. The molecule has 0 atom stereocenters. The van der Waals surface area contributed by atoms with Crippen molar-refractivity contribution in [1.82, 2.24) is 10.3 Å². The summed E-state index contributed by atoms with van der Waals surface area (Å²) in [6, 6.07) is 11.7. The molecule has 10 heteroatoms. The maximum atomic E-state index is 12.6. The standard InChI is InChI=1S/C22H20N4O4S2/c1-13-12-31-22(24-13)32-19-8-7-16(10-18(19)26(29)30)20(27)23-11-14-3-2-4-17(9-14)25-21(28)15-5-6-15/h2-4,7-10,12,15H,5-6,11H2,1H3,(H,23,27)(H,25,28). The van der Waals surface area contributed by atoms with Gasteiger partial charge in [0.1, 0.15) is 0 Å². The third-order valence-electron chi connectivity index (χ3n) is 4.81. The van der Waals surface area contributed by atoms with Gasteiger partial charge in [0, 0.05) is 40.9 Å². The average Bonchev–Trinajstić information content (AvgIpc) is 3.55. The van der Waals surface area contributed by atoms with E-state index in [-0.39, 0.29) is 29.6 Å². The topological polar surface area (TPSA) is 114 Å². The SMILES string of the molecule is Cc1csc(Sc2ccc(C(=O)NCc3cccc(NC(=O)C4CC4)c3)cc2[N+](=O)[O-])n1. The average molecular weight is 469 g/mol. The summed E-state index contributed by atoms with van der Waals surface area (Å²) in [6.45, 7) is 2.09. The molecule has 1 saturated carbocycles. The van der Waals surface area contributed by atoms with Gasteiger partial charge in [0.05, 0.1) is 9.82 Å². The van der Waals surface area contributed by atoms with Crippen LogP contribution < -0.4 is 10.6 Å². The van der Waals surface area contributed by atoms with Gasteiger partial charge in [0.2, 0.25) is 5.91 Å². The van der Waals surface area contributed by atoms with Gasteiger partial charge in [-0.15, -0.1) is 11.3 Å². The fourth-order valence-corrected chi connectivity index (χ4v) is 4.87. The first kappa shape index (κ1) is 22.0. The largest absolute Gasteiger partial charge is 0.348 e. The molecule has 1 aliphatic rings.